The van der Waals surface area contributed by atoms with Crippen LogP contribution in [-0.4, -0.2) is 52.6 Å². The van der Waals surface area contributed by atoms with Crippen LogP contribution in [0.2, 0.25) is 0 Å². The topological polar surface area (TPSA) is 76.5 Å². The summed E-state index contributed by atoms with van der Waals surface area (Å²) < 4.78 is 7.83. The van der Waals surface area contributed by atoms with Crippen molar-refractivity contribution in [1.29, 1.82) is 0 Å². The molecule has 7 nitrogen and oxygen atoms in total. The van der Waals surface area contributed by atoms with Crippen LogP contribution in [0.15, 0.2) is 54.6 Å². The van der Waals surface area contributed by atoms with E-state index in [-0.39, 0.29) is 11.7 Å². The van der Waals surface area contributed by atoms with E-state index in [0.717, 1.165) is 22.6 Å². The number of hydrogen-bond donors (Lipinski definition) is 1. The molecule has 2 aromatic carbocycles. The number of piperazine rings is 1. The van der Waals surface area contributed by atoms with Crippen LogP contribution >= 0.6 is 0 Å². The fourth-order valence-corrected chi connectivity index (χ4v) is 4.30. The number of nitrogens with one attached hydrogen (secondary N) is 1. The minimum Gasteiger partial charge on any atom is -0.491 e. The average molecular weight is 433 g/mol. The molecule has 0 radical (unpaired) electrons. The van der Waals surface area contributed by atoms with E-state index in [2.05, 4.69) is 10.2 Å². The van der Waals surface area contributed by atoms with Crippen molar-refractivity contribution < 1.29 is 14.3 Å². The van der Waals surface area contributed by atoms with Gasteiger partial charge in [-0.15, -0.1) is 0 Å². The summed E-state index contributed by atoms with van der Waals surface area (Å²) in [5, 5.41) is 7.72. The van der Waals surface area contributed by atoms with Gasteiger partial charge < -0.3 is 10.1 Å². The van der Waals surface area contributed by atoms with Gasteiger partial charge in [0.25, 0.3) is 0 Å². The molecule has 1 aliphatic rings. The normalized spacial score (nSPS) is 16.6. The Kier molecular flexibility index (Phi) is 6.37. The van der Waals surface area contributed by atoms with Gasteiger partial charge in [0, 0.05) is 30.9 Å². The molecule has 0 spiro atoms. The molecule has 4 rings (SSSR count). The average Bonchev–Trinajstić information content (AvgIpc) is 3.08. The molecule has 1 saturated heterocycles. The minimum absolute atomic E-state index is 0.0285. The van der Waals surface area contributed by atoms with E-state index in [9.17, 15) is 9.59 Å². The van der Waals surface area contributed by atoms with Gasteiger partial charge in [0.1, 0.15) is 18.4 Å². The number of carbonyl (C=O) groups excluding carboxylic acids is 2. The molecule has 1 amide bonds. The van der Waals surface area contributed by atoms with E-state index < -0.39 is 6.04 Å². The lowest BCUT2D eigenvalue weighted by Gasteiger charge is -2.35. The fourth-order valence-electron chi connectivity index (χ4n) is 4.30. The number of carbonyl (C=O) groups is 2. The molecule has 0 aliphatic carbocycles. The molecule has 1 N–H and O–H groups in total. The number of rotatable bonds is 7. The van der Waals surface area contributed by atoms with Crippen LogP contribution in [0, 0.1) is 13.8 Å². The fraction of sp³-hybridized carbons (Fsp3) is 0.320. The molecule has 166 valence electrons. The van der Waals surface area contributed by atoms with Crippen molar-refractivity contribution in [2.75, 3.05) is 26.2 Å². The predicted octanol–water partition coefficient (Wildman–Crippen LogP) is 3.24. The second-order valence-corrected chi connectivity index (χ2v) is 7.96. The van der Waals surface area contributed by atoms with Gasteiger partial charge in [-0.05, 0) is 45.0 Å². The number of hydrogen-bond acceptors (Lipinski definition) is 5. The Bertz CT molecular complexity index is 1120. The van der Waals surface area contributed by atoms with Gasteiger partial charge in [0.15, 0.2) is 5.78 Å². The highest BCUT2D eigenvalue weighted by atomic mass is 16.5. The highest BCUT2D eigenvalue weighted by molar-refractivity contribution is 5.96. The monoisotopic (exact) mass is 432 g/mol. The number of amides is 1. The number of aryl methyl sites for hydroxylation is 1. The van der Waals surface area contributed by atoms with E-state index in [4.69, 9.17) is 9.84 Å². The number of Topliss-reactive ketones (excluding diaryl/α,β-unsaturated/α-hetero) is 1. The van der Waals surface area contributed by atoms with Gasteiger partial charge in [0.2, 0.25) is 5.91 Å². The van der Waals surface area contributed by atoms with Crippen LogP contribution in [-0.2, 0) is 4.79 Å². The second kappa shape index (κ2) is 9.36. The molecular formula is C25H28N4O3. The molecule has 1 unspecified atom stereocenters. The number of aromatic nitrogens is 2. The Morgan fingerprint density at radius 1 is 1.12 bits per heavy atom. The Balaban J connectivity index is 1.56. The van der Waals surface area contributed by atoms with Crippen molar-refractivity contribution in [2.45, 2.75) is 26.8 Å². The lowest BCUT2D eigenvalue weighted by molar-refractivity contribution is -0.129. The Hall–Kier alpha value is -3.45. The Morgan fingerprint density at radius 2 is 1.84 bits per heavy atom. The molecule has 2 heterocycles. The van der Waals surface area contributed by atoms with Crippen LogP contribution in [0.3, 0.4) is 0 Å². The van der Waals surface area contributed by atoms with Crippen molar-refractivity contribution >= 4 is 11.7 Å². The van der Waals surface area contributed by atoms with Gasteiger partial charge in [0.05, 0.1) is 16.9 Å². The van der Waals surface area contributed by atoms with Gasteiger partial charge in [-0.2, -0.15) is 5.10 Å². The summed E-state index contributed by atoms with van der Waals surface area (Å²) in [6.45, 7) is 7.71. The highest BCUT2D eigenvalue weighted by Gasteiger charge is 2.35. The number of ether oxygens (including phenoxy) is 1. The quantitative estimate of drug-likeness (QED) is 0.580. The first-order valence-electron chi connectivity index (χ1n) is 10.8. The van der Waals surface area contributed by atoms with Crippen molar-refractivity contribution in [3.8, 4) is 11.4 Å². The highest BCUT2D eigenvalue weighted by Crippen LogP contribution is 2.30. The van der Waals surface area contributed by atoms with Crippen LogP contribution in [0.25, 0.3) is 5.69 Å². The van der Waals surface area contributed by atoms with Gasteiger partial charge in [-0.1, -0.05) is 30.3 Å². The Morgan fingerprint density at radius 3 is 2.59 bits per heavy atom. The maximum atomic E-state index is 13.0. The van der Waals surface area contributed by atoms with E-state index in [0.29, 0.717) is 37.6 Å². The summed E-state index contributed by atoms with van der Waals surface area (Å²) in [6.07, 6.45) is 0. The number of ketones is 1. The van der Waals surface area contributed by atoms with Gasteiger partial charge in [-0.3, -0.25) is 14.5 Å². The van der Waals surface area contributed by atoms with Gasteiger partial charge >= 0.3 is 0 Å². The number of para-hydroxylation sites is 2. The number of benzene rings is 2. The molecule has 0 bridgehead atoms. The standard InChI is InChI=1S/C25H28N4O3/c1-17-23(18(2)29(27-17)20-9-5-4-6-10-20)24-25(31)26-13-14-28(24)15-16-32-22-12-8-7-11-21(22)19(3)30/h4-12,24H,13-16H2,1-3H3,(H,26,31). The third kappa shape index (κ3) is 4.29. The third-order valence-electron chi connectivity index (χ3n) is 5.84. The molecule has 1 aromatic heterocycles. The van der Waals surface area contributed by atoms with Gasteiger partial charge in [-0.25, -0.2) is 4.68 Å². The molecule has 0 saturated carbocycles. The van der Waals surface area contributed by atoms with Crippen molar-refractivity contribution in [2.24, 2.45) is 0 Å². The molecule has 7 heteroatoms. The lowest BCUT2D eigenvalue weighted by Crippen LogP contribution is -2.51. The summed E-state index contributed by atoms with van der Waals surface area (Å²) in [4.78, 5) is 26.9. The maximum Gasteiger partial charge on any atom is 0.242 e. The van der Waals surface area contributed by atoms with Crippen molar-refractivity contribution in [3.05, 3.63) is 77.1 Å². The summed E-state index contributed by atoms with van der Waals surface area (Å²) in [7, 11) is 0. The van der Waals surface area contributed by atoms with E-state index in [1.165, 1.54) is 6.92 Å². The van der Waals surface area contributed by atoms with Crippen LogP contribution in [0.4, 0.5) is 0 Å². The first kappa shape index (κ1) is 21.8. The maximum absolute atomic E-state index is 13.0. The van der Waals surface area contributed by atoms with E-state index in [1.807, 2.05) is 61.0 Å². The van der Waals surface area contributed by atoms with Crippen molar-refractivity contribution in [1.82, 2.24) is 20.0 Å². The number of nitrogens with zero attached hydrogens (tertiary/aromatic N) is 3. The molecule has 32 heavy (non-hydrogen) atoms. The van der Waals surface area contributed by atoms with E-state index >= 15 is 0 Å². The predicted molar refractivity (Wildman–Crippen MR) is 122 cm³/mol. The summed E-state index contributed by atoms with van der Waals surface area (Å²) in [5.41, 5.74) is 4.24. The smallest absolute Gasteiger partial charge is 0.242 e. The lowest BCUT2D eigenvalue weighted by atomic mass is 10.0. The Labute approximate surface area is 188 Å². The molecule has 3 aromatic rings. The van der Waals surface area contributed by atoms with E-state index in [1.54, 1.807) is 12.1 Å². The zero-order chi connectivity index (χ0) is 22.7. The molecule has 1 aliphatic heterocycles. The second-order valence-electron chi connectivity index (χ2n) is 7.96. The summed E-state index contributed by atoms with van der Waals surface area (Å²) in [6, 6.07) is 16.7. The zero-order valence-corrected chi connectivity index (χ0v) is 18.7. The molecule has 1 atom stereocenters. The van der Waals surface area contributed by atoms with Crippen LogP contribution < -0.4 is 10.1 Å². The van der Waals surface area contributed by atoms with Crippen LogP contribution in [0.1, 0.15) is 40.3 Å². The largest absolute Gasteiger partial charge is 0.491 e. The molecule has 1 fully saturated rings. The molecular weight excluding hydrogens is 404 g/mol. The zero-order valence-electron chi connectivity index (χ0n) is 18.7. The summed E-state index contributed by atoms with van der Waals surface area (Å²) >= 11 is 0. The summed E-state index contributed by atoms with van der Waals surface area (Å²) in [5.74, 6) is 0.511. The van der Waals surface area contributed by atoms with Crippen LogP contribution in [0.5, 0.6) is 5.75 Å². The van der Waals surface area contributed by atoms with Crippen molar-refractivity contribution in [3.63, 3.8) is 0 Å². The minimum atomic E-state index is -0.437. The first-order chi connectivity index (χ1) is 15.5. The third-order valence-corrected chi connectivity index (χ3v) is 5.84. The first-order valence-corrected chi connectivity index (χ1v) is 10.8. The SMILES string of the molecule is CC(=O)c1ccccc1OCCN1CCNC(=O)C1c1c(C)nn(-c2ccccc2)c1C.